The first-order valence-electron chi connectivity index (χ1n) is 4.54. The molecule has 5 nitrogen and oxygen atoms in total. The van der Waals surface area contributed by atoms with Crippen LogP contribution in [-0.2, 0) is 7.05 Å². The normalized spacial score (nSPS) is 10.5. The Morgan fingerprint density at radius 2 is 2.27 bits per heavy atom. The molecule has 0 unspecified atom stereocenters. The van der Waals surface area contributed by atoms with E-state index in [1.165, 1.54) is 6.07 Å². The highest BCUT2D eigenvalue weighted by molar-refractivity contribution is 5.46. The Morgan fingerprint density at radius 3 is 2.80 bits per heavy atom. The smallest absolute Gasteiger partial charge is 0.251 e. The van der Waals surface area contributed by atoms with E-state index >= 15 is 0 Å². The lowest BCUT2D eigenvalue weighted by atomic mass is 10.2. The zero-order valence-corrected chi connectivity index (χ0v) is 8.56. The van der Waals surface area contributed by atoms with Crippen molar-refractivity contribution in [3.05, 3.63) is 40.7 Å². The summed E-state index contributed by atoms with van der Waals surface area (Å²) < 4.78 is 3.60. The molecule has 2 aromatic heterocycles. The Balaban J connectivity index is 2.67. The zero-order valence-electron chi connectivity index (χ0n) is 8.56. The number of hydrogen-bond acceptors (Lipinski definition) is 2. The van der Waals surface area contributed by atoms with E-state index in [0.29, 0.717) is 5.69 Å². The van der Waals surface area contributed by atoms with Gasteiger partial charge in [-0.2, -0.15) is 4.57 Å². The van der Waals surface area contributed by atoms with E-state index in [1.807, 2.05) is 17.8 Å². The van der Waals surface area contributed by atoms with Gasteiger partial charge in [0.15, 0.2) is 5.69 Å². The number of imidazole rings is 1. The van der Waals surface area contributed by atoms with Crippen molar-refractivity contribution >= 4 is 0 Å². The molecule has 2 heterocycles. The van der Waals surface area contributed by atoms with E-state index in [4.69, 9.17) is 0 Å². The maximum absolute atomic E-state index is 11.1. The lowest BCUT2D eigenvalue weighted by molar-refractivity contribution is -0.670. The van der Waals surface area contributed by atoms with Crippen molar-refractivity contribution < 1.29 is 9.67 Å². The first-order chi connectivity index (χ1) is 7.08. The average Bonchev–Trinajstić information content (AvgIpc) is 2.49. The number of aromatic hydroxyl groups is 1. The molecule has 0 radical (unpaired) electrons. The molecular weight excluding hydrogens is 194 g/mol. The monoisotopic (exact) mass is 206 g/mol. The van der Waals surface area contributed by atoms with Crippen LogP contribution in [0, 0.1) is 6.92 Å². The number of H-pyrrole nitrogens is 1. The van der Waals surface area contributed by atoms with Gasteiger partial charge in [0.2, 0.25) is 12.2 Å². The molecule has 5 heteroatoms. The van der Waals surface area contributed by atoms with Crippen LogP contribution in [0.3, 0.4) is 0 Å². The van der Waals surface area contributed by atoms with Crippen LogP contribution in [-0.4, -0.2) is 14.7 Å². The highest BCUT2D eigenvalue weighted by Gasteiger charge is 2.14. The second-order valence-electron chi connectivity index (χ2n) is 3.50. The number of hydrogen-bond donors (Lipinski definition) is 2. The molecule has 0 saturated carbocycles. The van der Waals surface area contributed by atoms with E-state index < -0.39 is 0 Å². The molecular formula is C10H12N3O2+. The van der Waals surface area contributed by atoms with E-state index in [1.54, 1.807) is 24.0 Å². The third kappa shape index (κ3) is 1.63. The van der Waals surface area contributed by atoms with Gasteiger partial charge in [0.05, 0.1) is 7.05 Å². The predicted molar refractivity (Wildman–Crippen MR) is 54.0 cm³/mol. The third-order valence-corrected chi connectivity index (χ3v) is 2.21. The Hall–Kier alpha value is -2.04. The molecule has 0 aromatic carbocycles. The number of aryl methyl sites for hydroxylation is 2. The molecule has 0 aliphatic carbocycles. The molecule has 0 aliphatic rings. The lowest BCUT2D eigenvalue weighted by Gasteiger charge is -2.02. The quantitative estimate of drug-likeness (QED) is 0.645. The molecule has 0 fully saturated rings. The molecule has 2 aromatic rings. The Morgan fingerprint density at radius 1 is 1.53 bits per heavy atom. The van der Waals surface area contributed by atoms with Gasteiger partial charge in [0.25, 0.3) is 5.56 Å². The van der Waals surface area contributed by atoms with Gasteiger partial charge in [-0.25, -0.2) is 4.57 Å². The van der Waals surface area contributed by atoms with Crippen molar-refractivity contribution in [3.63, 3.8) is 0 Å². The number of nitrogens with zero attached hydrogens (tertiary/aromatic N) is 2. The van der Waals surface area contributed by atoms with E-state index in [0.717, 1.165) is 5.56 Å². The van der Waals surface area contributed by atoms with Gasteiger partial charge >= 0.3 is 0 Å². The highest BCUT2D eigenvalue weighted by Crippen LogP contribution is 2.19. The zero-order chi connectivity index (χ0) is 11.0. The van der Waals surface area contributed by atoms with E-state index in [2.05, 4.69) is 4.98 Å². The summed E-state index contributed by atoms with van der Waals surface area (Å²) in [5.74, 6) is -0.115. The largest absolute Gasteiger partial charge is 0.492 e. The van der Waals surface area contributed by atoms with Crippen LogP contribution < -0.4 is 10.1 Å². The van der Waals surface area contributed by atoms with Crippen LogP contribution >= 0.6 is 0 Å². The van der Waals surface area contributed by atoms with Crippen molar-refractivity contribution in [1.29, 1.82) is 0 Å². The summed E-state index contributed by atoms with van der Waals surface area (Å²) in [5, 5.41) is 9.65. The highest BCUT2D eigenvalue weighted by atomic mass is 16.3. The summed E-state index contributed by atoms with van der Waals surface area (Å²) >= 11 is 0. The van der Waals surface area contributed by atoms with Gasteiger partial charge < -0.3 is 5.11 Å². The van der Waals surface area contributed by atoms with Crippen LogP contribution in [0.2, 0.25) is 0 Å². The van der Waals surface area contributed by atoms with Crippen LogP contribution in [0.1, 0.15) is 5.56 Å². The number of rotatable bonds is 1. The minimum absolute atomic E-state index is 0.115. The standard InChI is InChI=1S/C10H11N3O2/c1-7-5-8(14)11-10(15)9(7)13-4-3-12(2)6-13/h3-6H,1-2H3,(H-,11,14,15)/p+1. The molecule has 2 rings (SSSR count). The minimum atomic E-state index is -0.301. The van der Waals surface area contributed by atoms with Crippen LogP contribution in [0.4, 0.5) is 0 Å². The first-order valence-corrected chi connectivity index (χ1v) is 4.54. The third-order valence-electron chi connectivity index (χ3n) is 2.21. The molecule has 78 valence electrons. The molecule has 0 amide bonds. The van der Waals surface area contributed by atoms with Gasteiger partial charge in [0.1, 0.15) is 12.4 Å². The van der Waals surface area contributed by atoms with Gasteiger partial charge in [-0.1, -0.05) is 0 Å². The van der Waals surface area contributed by atoms with Crippen LogP contribution in [0.15, 0.2) is 29.6 Å². The maximum atomic E-state index is 11.1. The predicted octanol–water partition coefficient (Wildman–Crippen LogP) is 0.00412. The molecule has 0 atom stereocenters. The van der Waals surface area contributed by atoms with Crippen molar-refractivity contribution in [2.24, 2.45) is 7.05 Å². The summed E-state index contributed by atoms with van der Waals surface area (Å²) in [6, 6.07) is 1.45. The molecule has 15 heavy (non-hydrogen) atoms. The Kier molecular flexibility index (Phi) is 2.07. The minimum Gasteiger partial charge on any atom is -0.492 e. The van der Waals surface area contributed by atoms with Crippen molar-refractivity contribution in [1.82, 2.24) is 9.55 Å². The molecule has 0 spiro atoms. The molecule has 2 N–H and O–H groups in total. The molecule has 0 bridgehead atoms. The van der Waals surface area contributed by atoms with Gasteiger partial charge in [-0.15, -0.1) is 0 Å². The lowest BCUT2D eigenvalue weighted by Crippen LogP contribution is -2.23. The fourth-order valence-corrected chi connectivity index (χ4v) is 1.57. The Labute approximate surface area is 86.2 Å². The van der Waals surface area contributed by atoms with Crippen molar-refractivity contribution in [2.75, 3.05) is 0 Å². The van der Waals surface area contributed by atoms with Gasteiger partial charge in [-0.3, -0.25) is 9.78 Å². The summed E-state index contributed by atoms with van der Waals surface area (Å²) in [7, 11) is 1.88. The molecule has 0 saturated heterocycles. The van der Waals surface area contributed by atoms with Crippen molar-refractivity contribution in [2.45, 2.75) is 6.92 Å². The van der Waals surface area contributed by atoms with Crippen LogP contribution in [0.25, 0.3) is 5.69 Å². The first kappa shape index (κ1) is 9.51. The number of aromatic nitrogens is 3. The maximum Gasteiger partial charge on any atom is 0.251 e. The summed E-state index contributed by atoms with van der Waals surface area (Å²) in [4.78, 5) is 13.4. The second kappa shape index (κ2) is 3.27. The fraction of sp³-hybridized carbons (Fsp3) is 0.200. The van der Waals surface area contributed by atoms with Gasteiger partial charge in [0, 0.05) is 11.6 Å². The number of aromatic amines is 1. The Bertz CT molecular complexity index is 528. The van der Waals surface area contributed by atoms with E-state index in [-0.39, 0.29) is 11.4 Å². The molecule has 0 aliphatic heterocycles. The second-order valence-corrected chi connectivity index (χ2v) is 3.50. The fourth-order valence-electron chi connectivity index (χ4n) is 1.57. The van der Waals surface area contributed by atoms with Crippen LogP contribution in [0.5, 0.6) is 5.88 Å². The van der Waals surface area contributed by atoms with E-state index in [9.17, 15) is 9.90 Å². The topological polar surface area (TPSA) is 61.9 Å². The van der Waals surface area contributed by atoms with Crippen molar-refractivity contribution in [3.8, 4) is 11.6 Å². The van der Waals surface area contributed by atoms with Gasteiger partial charge in [-0.05, 0) is 6.92 Å². The SMILES string of the molecule is Cc1cc(=O)[nH]c(O)c1-n1cc[n+](C)c1. The number of nitrogens with one attached hydrogen (secondary N) is 1. The number of pyridine rings is 1. The average molecular weight is 206 g/mol. The summed E-state index contributed by atoms with van der Waals surface area (Å²) in [5.41, 5.74) is 1.02. The summed E-state index contributed by atoms with van der Waals surface area (Å²) in [6.07, 6.45) is 5.46. The summed E-state index contributed by atoms with van der Waals surface area (Å²) in [6.45, 7) is 1.78.